The van der Waals surface area contributed by atoms with E-state index in [1.807, 2.05) is 4.90 Å². The van der Waals surface area contributed by atoms with Crippen LogP contribution >= 0.6 is 0 Å². The molecule has 5 nitrogen and oxygen atoms in total. The molecule has 2 saturated heterocycles. The molecule has 0 aliphatic carbocycles. The molecule has 28 heavy (non-hydrogen) atoms. The number of carbonyl (C=O) groups excluding carboxylic acids is 1. The highest BCUT2D eigenvalue weighted by molar-refractivity contribution is 5.73. The first-order valence-corrected chi connectivity index (χ1v) is 10.9. The Hall–Kier alpha value is -1.59. The Labute approximate surface area is 170 Å². The Kier molecular flexibility index (Phi) is 7.74. The molecule has 3 rings (SSSR count). The molecule has 0 spiro atoms. The Morgan fingerprint density at radius 3 is 2.29 bits per heavy atom. The van der Waals surface area contributed by atoms with Crippen molar-refractivity contribution in [2.45, 2.75) is 45.1 Å². The molecule has 0 N–H and O–H groups in total. The van der Waals surface area contributed by atoms with E-state index in [1.54, 1.807) is 14.0 Å². The third-order valence-corrected chi connectivity index (χ3v) is 6.66. The number of ether oxygens (including phenoxy) is 1. The standard InChI is InChI=1S/C23H37N3O2/c1-19(27)26-16-11-22(12-17-26)24(2)18-21-9-14-25(15-10-21)13-8-20-4-6-23(28-3)7-5-20/h4-7,21-22H,8-18H2,1-3H3. The average molecular weight is 388 g/mol. The summed E-state index contributed by atoms with van der Waals surface area (Å²) in [7, 11) is 4.00. The lowest BCUT2D eigenvalue weighted by atomic mass is 9.94. The SMILES string of the molecule is COc1ccc(CCN2CCC(CN(C)C3CCN(C(C)=O)CC3)CC2)cc1. The Balaban J connectivity index is 1.34. The number of hydrogen-bond donors (Lipinski definition) is 0. The Morgan fingerprint density at radius 2 is 1.71 bits per heavy atom. The predicted octanol–water partition coefficient (Wildman–Crippen LogP) is 2.89. The van der Waals surface area contributed by atoms with Crippen LogP contribution in [0.3, 0.4) is 0 Å². The second-order valence-electron chi connectivity index (χ2n) is 8.56. The monoisotopic (exact) mass is 387 g/mol. The van der Waals surface area contributed by atoms with Crippen LogP contribution in [0.15, 0.2) is 24.3 Å². The van der Waals surface area contributed by atoms with Crippen molar-refractivity contribution in [3.8, 4) is 5.75 Å². The zero-order valence-corrected chi connectivity index (χ0v) is 17.9. The highest BCUT2D eigenvalue weighted by Crippen LogP contribution is 2.22. The molecule has 0 radical (unpaired) electrons. The molecule has 1 aromatic rings. The lowest BCUT2D eigenvalue weighted by Gasteiger charge is -2.39. The van der Waals surface area contributed by atoms with Gasteiger partial charge in [0.15, 0.2) is 0 Å². The van der Waals surface area contributed by atoms with Gasteiger partial charge in [-0.3, -0.25) is 4.79 Å². The second-order valence-corrected chi connectivity index (χ2v) is 8.56. The Morgan fingerprint density at radius 1 is 1.07 bits per heavy atom. The van der Waals surface area contributed by atoms with Gasteiger partial charge in [-0.15, -0.1) is 0 Å². The third-order valence-electron chi connectivity index (χ3n) is 6.66. The van der Waals surface area contributed by atoms with E-state index in [1.165, 1.54) is 38.0 Å². The summed E-state index contributed by atoms with van der Waals surface area (Å²) < 4.78 is 5.23. The fourth-order valence-corrected chi connectivity index (χ4v) is 4.65. The van der Waals surface area contributed by atoms with Crippen LogP contribution < -0.4 is 4.74 Å². The van der Waals surface area contributed by atoms with Gasteiger partial charge in [-0.25, -0.2) is 0 Å². The van der Waals surface area contributed by atoms with E-state index < -0.39 is 0 Å². The van der Waals surface area contributed by atoms with Crippen LogP contribution in [-0.4, -0.2) is 80.1 Å². The predicted molar refractivity (Wildman–Crippen MR) is 114 cm³/mol. The van der Waals surface area contributed by atoms with Crippen molar-refractivity contribution in [2.75, 3.05) is 53.4 Å². The van der Waals surface area contributed by atoms with Crippen molar-refractivity contribution in [3.05, 3.63) is 29.8 Å². The van der Waals surface area contributed by atoms with Gasteiger partial charge in [-0.2, -0.15) is 0 Å². The van der Waals surface area contributed by atoms with Crippen LogP contribution in [0.5, 0.6) is 5.75 Å². The molecule has 1 amide bonds. The quantitative estimate of drug-likeness (QED) is 0.721. The van der Waals surface area contributed by atoms with E-state index in [4.69, 9.17) is 4.74 Å². The van der Waals surface area contributed by atoms with E-state index >= 15 is 0 Å². The van der Waals surface area contributed by atoms with Crippen molar-refractivity contribution in [1.29, 1.82) is 0 Å². The van der Waals surface area contributed by atoms with E-state index in [2.05, 4.69) is 41.1 Å². The summed E-state index contributed by atoms with van der Waals surface area (Å²) in [6, 6.07) is 9.11. The number of benzene rings is 1. The molecule has 156 valence electrons. The molecule has 1 aromatic carbocycles. The highest BCUT2D eigenvalue weighted by Gasteiger charge is 2.26. The minimum absolute atomic E-state index is 0.225. The lowest BCUT2D eigenvalue weighted by molar-refractivity contribution is -0.130. The molecule has 0 unspecified atom stereocenters. The maximum Gasteiger partial charge on any atom is 0.219 e. The van der Waals surface area contributed by atoms with Gasteiger partial charge in [0.05, 0.1) is 7.11 Å². The summed E-state index contributed by atoms with van der Waals surface area (Å²) >= 11 is 0. The zero-order chi connectivity index (χ0) is 19.9. The van der Waals surface area contributed by atoms with Gasteiger partial charge in [0.25, 0.3) is 0 Å². The number of methoxy groups -OCH3 is 1. The summed E-state index contributed by atoms with van der Waals surface area (Å²) in [5.41, 5.74) is 1.39. The maximum atomic E-state index is 11.5. The minimum Gasteiger partial charge on any atom is -0.497 e. The van der Waals surface area contributed by atoms with Gasteiger partial charge in [-0.05, 0) is 75.9 Å². The molecule has 0 atom stereocenters. The molecular weight excluding hydrogens is 350 g/mol. The molecule has 2 heterocycles. The van der Waals surface area contributed by atoms with Crippen molar-refractivity contribution >= 4 is 5.91 Å². The van der Waals surface area contributed by atoms with Gasteiger partial charge < -0.3 is 19.4 Å². The van der Waals surface area contributed by atoms with Crippen molar-refractivity contribution in [3.63, 3.8) is 0 Å². The van der Waals surface area contributed by atoms with Gasteiger partial charge in [-0.1, -0.05) is 12.1 Å². The number of hydrogen-bond acceptors (Lipinski definition) is 4. The molecule has 2 aliphatic heterocycles. The smallest absolute Gasteiger partial charge is 0.219 e. The first-order chi connectivity index (χ1) is 13.5. The molecule has 0 aromatic heterocycles. The molecule has 0 saturated carbocycles. The number of carbonyl (C=O) groups is 1. The molecular formula is C23H37N3O2. The summed E-state index contributed by atoms with van der Waals surface area (Å²) in [5, 5.41) is 0. The summed E-state index contributed by atoms with van der Waals surface area (Å²) in [4.78, 5) is 18.7. The van der Waals surface area contributed by atoms with Crippen LogP contribution in [-0.2, 0) is 11.2 Å². The van der Waals surface area contributed by atoms with E-state index in [9.17, 15) is 4.79 Å². The topological polar surface area (TPSA) is 36.0 Å². The largest absolute Gasteiger partial charge is 0.497 e. The summed E-state index contributed by atoms with van der Waals surface area (Å²) in [6.07, 6.45) is 5.97. The van der Waals surface area contributed by atoms with Gasteiger partial charge in [0.2, 0.25) is 5.91 Å². The summed E-state index contributed by atoms with van der Waals surface area (Å²) in [5.74, 6) is 1.97. The van der Waals surface area contributed by atoms with Crippen LogP contribution in [0.1, 0.15) is 38.2 Å². The third kappa shape index (κ3) is 5.95. The normalized spacial score (nSPS) is 19.9. The van der Waals surface area contributed by atoms with E-state index in [0.29, 0.717) is 6.04 Å². The number of rotatable bonds is 7. The van der Waals surface area contributed by atoms with Gasteiger partial charge >= 0.3 is 0 Å². The maximum absolute atomic E-state index is 11.5. The van der Waals surface area contributed by atoms with Crippen LogP contribution in [0.4, 0.5) is 0 Å². The second kappa shape index (κ2) is 10.3. The van der Waals surface area contributed by atoms with Gasteiger partial charge in [0.1, 0.15) is 5.75 Å². The first kappa shape index (κ1) is 21.1. The van der Waals surface area contributed by atoms with Crippen molar-refractivity contribution in [2.24, 2.45) is 5.92 Å². The van der Waals surface area contributed by atoms with Crippen molar-refractivity contribution in [1.82, 2.24) is 14.7 Å². The van der Waals surface area contributed by atoms with E-state index in [0.717, 1.165) is 50.6 Å². The van der Waals surface area contributed by atoms with Crippen LogP contribution in [0.25, 0.3) is 0 Å². The van der Waals surface area contributed by atoms with E-state index in [-0.39, 0.29) is 5.91 Å². The van der Waals surface area contributed by atoms with Crippen molar-refractivity contribution < 1.29 is 9.53 Å². The molecule has 5 heteroatoms. The number of piperidine rings is 2. The minimum atomic E-state index is 0.225. The fraction of sp³-hybridized carbons (Fsp3) is 0.696. The first-order valence-electron chi connectivity index (χ1n) is 10.9. The highest BCUT2D eigenvalue weighted by atomic mass is 16.5. The summed E-state index contributed by atoms with van der Waals surface area (Å²) in [6.45, 7) is 8.33. The van der Waals surface area contributed by atoms with Gasteiger partial charge in [0, 0.05) is 39.1 Å². The molecule has 2 aliphatic rings. The molecule has 2 fully saturated rings. The fourth-order valence-electron chi connectivity index (χ4n) is 4.65. The van der Waals surface area contributed by atoms with Crippen LogP contribution in [0.2, 0.25) is 0 Å². The number of likely N-dealkylation sites (tertiary alicyclic amines) is 2. The molecule has 0 bridgehead atoms. The zero-order valence-electron chi connectivity index (χ0n) is 17.9. The average Bonchev–Trinajstić information content (AvgIpc) is 2.73. The van der Waals surface area contributed by atoms with Crippen LogP contribution in [0, 0.1) is 5.92 Å². The number of nitrogens with zero attached hydrogens (tertiary/aromatic N) is 3. The lowest BCUT2D eigenvalue weighted by Crippen LogP contribution is -2.47. The number of amides is 1. The Bertz CT molecular complexity index is 603.